The summed E-state index contributed by atoms with van der Waals surface area (Å²) in [4.78, 5) is 69.2. The summed E-state index contributed by atoms with van der Waals surface area (Å²) >= 11 is 12.3. The number of amides is 5. The van der Waals surface area contributed by atoms with Crippen molar-refractivity contribution in [2.45, 2.75) is 108 Å². The third kappa shape index (κ3) is 7.54. The molecule has 1 aliphatic carbocycles. The molecule has 1 saturated carbocycles. The molecular weight excluding hydrogens is 637 g/mol. The predicted octanol–water partition coefficient (Wildman–Crippen LogP) is 4.36. The van der Waals surface area contributed by atoms with Crippen LogP contribution in [0.1, 0.15) is 76.8 Å². The zero-order valence-corrected chi connectivity index (χ0v) is 27.7. The van der Waals surface area contributed by atoms with Gasteiger partial charge in [0, 0.05) is 31.0 Å². The lowest BCUT2D eigenvalue weighted by Crippen LogP contribution is -2.58. The Kier molecular flexibility index (Phi) is 9.79. The van der Waals surface area contributed by atoms with Crippen LogP contribution in [0.5, 0.6) is 0 Å². The van der Waals surface area contributed by atoms with Gasteiger partial charge in [-0.1, -0.05) is 48.2 Å². The number of ether oxygens (including phenoxy) is 1. The first-order valence-electron chi connectivity index (χ1n) is 15.7. The summed E-state index contributed by atoms with van der Waals surface area (Å²) < 4.78 is 5.84. The van der Waals surface area contributed by atoms with Gasteiger partial charge in [0.25, 0.3) is 0 Å². The molecule has 1 aromatic rings. The fraction of sp³-hybridized carbons (Fsp3) is 0.594. The molecular formula is C32H41Cl2N5O7. The van der Waals surface area contributed by atoms with Gasteiger partial charge in [-0.15, -0.1) is 0 Å². The monoisotopic (exact) mass is 677 g/mol. The van der Waals surface area contributed by atoms with Crippen LogP contribution in [-0.4, -0.2) is 80.6 Å². The van der Waals surface area contributed by atoms with Crippen LogP contribution in [-0.2, 0) is 32.2 Å². The molecule has 0 radical (unpaired) electrons. The van der Waals surface area contributed by atoms with E-state index in [1.807, 2.05) is 32.9 Å². The minimum absolute atomic E-state index is 0.0289. The summed E-state index contributed by atoms with van der Waals surface area (Å²) in [5, 5.41) is 19.1. The molecule has 14 heteroatoms. The number of fused-ring (bicyclic) bond motifs is 3. The summed E-state index contributed by atoms with van der Waals surface area (Å²) in [6.45, 7) is 5.89. The van der Waals surface area contributed by atoms with Crippen molar-refractivity contribution in [2.75, 3.05) is 6.54 Å². The van der Waals surface area contributed by atoms with Crippen molar-refractivity contribution in [1.82, 2.24) is 25.8 Å². The maximum absolute atomic E-state index is 14.1. The van der Waals surface area contributed by atoms with Crippen molar-refractivity contribution in [3.63, 3.8) is 0 Å². The lowest BCUT2D eigenvalue weighted by atomic mass is 10.0. The van der Waals surface area contributed by atoms with Gasteiger partial charge in [0.2, 0.25) is 11.8 Å². The Balaban J connectivity index is 1.37. The molecule has 1 aromatic carbocycles. The van der Waals surface area contributed by atoms with Crippen molar-refractivity contribution < 1.29 is 33.8 Å². The normalized spacial score (nSPS) is 28.9. The Morgan fingerprint density at radius 3 is 2.37 bits per heavy atom. The summed E-state index contributed by atoms with van der Waals surface area (Å²) in [6, 6.07) is 0.847. The summed E-state index contributed by atoms with van der Waals surface area (Å²) in [5.41, 5.74) is -0.332. The minimum Gasteiger partial charge on any atom is -0.479 e. The van der Waals surface area contributed by atoms with Crippen molar-refractivity contribution in [2.24, 2.45) is 5.92 Å². The van der Waals surface area contributed by atoms with Crippen LogP contribution in [0.4, 0.5) is 9.59 Å². The average molecular weight is 679 g/mol. The number of carboxylic acid groups (broad SMARTS) is 1. The molecule has 1 unspecified atom stereocenters. The number of rotatable bonds is 3. The average Bonchev–Trinajstić information content (AvgIpc) is 3.27. The van der Waals surface area contributed by atoms with E-state index in [-0.39, 0.29) is 38.4 Å². The summed E-state index contributed by atoms with van der Waals surface area (Å²) in [5.74, 6) is -2.65. The van der Waals surface area contributed by atoms with E-state index in [1.165, 1.54) is 9.80 Å². The second-order valence-corrected chi connectivity index (χ2v) is 14.5. The third-order valence-corrected chi connectivity index (χ3v) is 9.63. The number of carbonyl (C=O) groups excluding carboxylic acids is 4. The lowest BCUT2D eigenvalue weighted by Gasteiger charge is -2.30. The molecule has 5 rings (SSSR count). The maximum atomic E-state index is 14.1. The number of carbonyl (C=O) groups is 5. The first-order valence-corrected chi connectivity index (χ1v) is 16.5. The SMILES string of the molecule is CC(C)(C)NC(=O)N[C@H]1CCCCC/C=C\[C@H]2C[C@@]2(C(=O)O)NC(=O)C2C[C@@H](OC(=O)N3Cc4cc(Cl)c(Cl)cc4C3)CN2C1=O. The number of nitrogens with one attached hydrogen (secondary N) is 3. The van der Waals surface area contributed by atoms with E-state index in [2.05, 4.69) is 16.0 Å². The number of nitrogens with zero attached hydrogens (tertiary/aromatic N) is 2. The summed E-state index contributed by atoms with van der Waals surface area (Å²) in [7, 11) is 0. The van der Waals surface area contributed by atoms with Crippen LogP contribution in [0, 0.1) is 5.92 Å². The maximum Gasteiger partial charge on any atom is 0.410 e. The van der Waals surface area contributed by atoms with E-state index >= 15 is 0 Å². The van der Waals surface area contributed by atoms with E-state index < -0.39 is 59.2 Å². The number of hydrogen-bond acceptors (Lipinski definition) is 6. The number of benzene rings is 1. The summed E-state index contributed by atoms with van der Waals surface area (Å²) in [6.07, 6.45) is 5.86. The lowest BCUT2D eigenvalue weighted by molar-refractivity contribution is -0.145. The zero-order valence-electron chi connectivity index (χ0n) is 26.2. The molecule has 2 fully saturated rings. The number of urea groups is 1. The molecule has 0 spiro atoms. The number of aliphatic carboxylic acids is 1. The molecule has 0 aromatic heterocycles. The van der Waals surface area contributed by atoms with Gasteiger partial charge in [-0.05, 0) is 69.7 Å². The van der Waals surface area contributed by atoms with Gasteiger partial charge in [0.15, 0.2) is 0 Å². The Morgan fingerprint density at radius 1 is 1.07 bits per heavy atom. The smallest absolute Gasteiger partial charge is 0.410 e. The molecule has 0 bridgehead atoms. The quantitative estimate of drug-likeness (QED) is 0.346. The Bertz CT molecular complexity index is 1420. The zero-order chi connectivity index (χ0) is 33.4. The van der Waals surface area contributed by atoms with Crippen LogP contribution in [0.25, 0.3) is 0 Å². The fourth-order valence-electron chi connectivity index (χ4n) is 6.42. The molecule has 1 saturated heterocycles. The highest BCUT2D eigenvalue weighted by atomic mass is 35.5. The molecule has 46 heavy (non-hydrogen) atoms. The first-order chi connectivity index (χ1) is 21.7. The van der Waals surface area contributed by atoms with E-state index in [4.69, 9.17) is 27.9 Å². The molecule has 12 nitrogen and oxygen atoms in total. The van der Waals surface area contributed by atoms with Crippen molar-refractivity contribution in [3.8, 4) is 0 Å². The van der Waals surface area contributed by atoms with Gasteiger partial charge in [0.05, 0.1) is 16.6 Å². The largest absolute Gasteiger partial charge is 0.479 e. The van der Waals surface area contributed by atoms with E-state index in [0.29, 0.717) is 22.9 Å². The number of allylic oxidation sites excluding steroid dienone is 1. The van der Waals surface area contributed by atoms with Gasteiger partial charge < -0.3 is 30.7 Å². The van der Waals surface area contributed by atoms with Crippen LogP contribution in [0.2, 0.25) is 10.0 Å². The van der Waals surface area contributed by atoms with E-state index in [1.54, 1.807) is 12.1 Å². The predicted molar refractivity (Wildman–Crippen MR) is 170 cm³/mol. The Morgan fingerprint density at radius 2 is 1.74 bits per heavy atom. The van der Waals surface area contributed by atoms with E-state index in [0.717, 1.165) is 30.4 Å². The number of hydrogen-bond donors (Lipinski definition) is 4. The second kappa shape index (κ2) is 13.3. The second-order valence-electron chi connectivity index (χ2n) is 13.7. The number of halogens is 2. The highest BCUT2D eigenvalue weighted by Gasteiger charge is 2.61. The van der Waals surface area contributed by atoms with Crippen molar-refractivity contribution in [3.05, 3.63) is 45.5 Å². The molecule has 4 N–H and O–H groups in total. The highest BCUT2D eigenvalue weighted by molar-refractivity contribution is 6.42. The van der Waals surface area contributed by atoms with Gasteiger partial charge in [-0.3, -0.25) is 14.5 Å². The van der Waals surface area contributed by atoms with Gasteiger partial charge in [0.1, 0.15) is 23.7 Å². The van der Waals surface area contributed by atoms with Crippen LogP contribution < -0.4 is 16.0 Å². The molecule has 3 heterocycles. The molecule has 5 amide bonds. The number of carboxylic acids is 1. The third-order valence-electron chi connectivity index (χ3n) is 8.91. The Labute approximate surface area is 278 Å². The van der Waals surface area contributed by atoms with Crippen LogP contribution >= 0.6 is 23.2 Å². The molecule has 4 aliphatic rings. The van der Waals surface area contributed by atoms with Gasteiger partial charge in [-0.25, -0.2) is 14.4 Å². The van der Waals surface area contributed by atoms with Gasteiger partial charge in [-0.2, -0.15) is 0 Å². The van der Waals surface area contributed by atoms with Crippen molar-refractivity contribution >= 4 is 53.1 Å². The van der Waals surface area contributed by atoms with E-state index in [9.17, 15) is 29.1 Å². The topological polar surface area (TPSA) is 157 Å². The fourth-order valence-corrected chi connectivity index (χ4v) is 6.79. The standard InChI is InChI=1S/C32H41Cl2N5O7/c1-31(2,3)37-29(44)35-24-10-8-6-4-5-7-9-20-14-32(20,28(42)43)36-26(40)25-13-21(17-39(25)27(24)41)46-30(45)38-15-18-11-22(33)23(34)12-19(18)16-38/h7,9,11-12,20-21,24-25H,4-6,8,10,13-17H2,1-3H3,(H,36,40)(H,42,43)(H2,35,37,44)/b9-7-/t20-,21+,24-,25?,32+/m0/s1. The van der Waals surface area contributed by atoms with Gasteiger partial charge >= 0.3 is 18.1 Å². The first kappa shape index (κ1) is 33.8. The highest BCUT2D eigenvalue weighted by Crippen LogP contribution is 2.45. The molecule has 250 valence electrons. The molecule has 5 atom stereocenters. The van der Waals surface area contributed by atoms with Crippen molar-refractivity contribution in [1.29, 1.82) is 0 Å². The molecule has 3 aliphatic heterocycles. The van der Waals surface area contributed by atoms with Crippen LogP contribution in [0.15, 0.2) is 24.3 Å². The Hall–Kier alpha value is -3.51. The minimum atomic E-state index is -1.47. The van der Waals surface area contributed by atoms with Crippen LogP contribution in [0.3, 0.4) is 0 Å².